The summed E-state index contributed by atoms with van der Waals surface area (Å²) >= 11 is 2.35. The molecule has 0 amide bonds. The number of hydrogen-bond acceptors (Lipinski definition) is 7. The van der Waals surface area contributed by atoms with E-state index in [1.807, 2.05) is 0 Å². The van der Waals surface area contributed by atoms with Crippen molar-refractivity contribution in [3.63, 3.8) is 0 Å². The van der Waals surface area contributed by atoms with Crippen molar-refractivity contribution in [1.82, 2.24) is 4.98 Å². The predicted octanol–water partition coefficient (Wildman–Crippen LogP) is 4.38. The molecule has 31 heavy (non-hydrogen) atoms. The molecule has 0 spiro atoms. The minimum Gasteiger partial charge on any atom is -0.406 e. The Bertz CT molecular complexity index is 1250. The Hall–Kier alpha value is -2.51. The van der Waals surface area contributed by atoms with Crippen molar-refractivity contribution < 1.29 is 31.1 Å². The number of aliphatic imine (C=N–C) groups is 1. The smallest absolute Gasteiger partial charge is 0.406 e. The number of nitrogens with one attached hydrogen (secondary N) is 2. The molecular formula is C18H14F3N3O4S3. The van der Waals surface area contributed by atoms with Gasteiger partial charge in [-0.25, -0.2) is 8.42 Å². The number of ether oxygens (including phenoxy) is 1. The minimum atomic E-state index is -4.94. The van der Waals surface area contributed by atoms with E-state index in [1.54, 1.807) is 17.5 Å². The summed E-state index contributed by atoms with van der Waals surface area (Å²) in [5, 5.41) is 2.46. The summed E-state index contributed by atoms with van der Waals surface area (Å²) in [7, 11) is -4.01. The Labute approximate surface area is 182 Å². The third-order valence-electron chi connectivity index (χ3n) is 4.25. The highest BCUT2D eigenvalue weighted by Crippen LogP contribution is 2.36. The van der Waals surface area contributed by atoms with Crippen LogP contribution >= 0.6 is 23.1 Å². The van der Waals surface area contributed by atoms with Crippen LogP contribution in [-0.4, -0.2) is 42.9 Å². The summed E-state index contributed by atoms with van der Waals surface area (Å²) in [6, 6.07) is 6.64. The second-order valence-electron chi connectivity index (χ2n) is 6.49. The zero-order valence-electron chi connectivity index (χ0n) is 15.5. The molecule has 0 aliphatic carbocycles. The molecule has 2 aromatic heterocycles. The first-order valence-corrected chi connectivity index (χ1v) is 12.0. The van der Waals surface area contributed by atoms with Gasteiger partial charge in [-0.3, -0.25) is 9.71 Å². The molecule has 3 aromatic rings. The fourth-order valence-corrected chi connectivity index (χ4v) is 6.09. The van der Waals surface area contributed by atoms with Crippen molar-refractivity contribution >= 4 is 61.0 Å². The number of fused-ring (bicyclic) bond motifs is 1. The second kappa shape index (κ2) is 8.20. The number of benzene rings is 1. The minimum absolute atomic E-state index is 0.0140. The Morgan fingerprint density at radius 2 is 2.13 bits per heavy atom. The molecule has 4 rings (SSSR count). The highest BCUT2D eigenvalue weighted by atomic mass is 32.2. The number of aldehydes is 1. The number of thiophene rings is 1. The Balaban J connectivity index is 1.75. The van der Waals surface area contributed by atoms with E-state index < -0.39 is 22.1 Å². The van der Waals surface area contributed by atoms with E-state index >= 15 is 0 Å². The zero-order valence-corrected chi connectivity index (χ0v) is 17.9. The number of sulfonamides is 1. The van der Waals surface area contributed by atoms with Crippen LogP contribution in [0.4, 0.5) is 18.9 Å². The maximum absolute atomic E-state index is 12.8. The Kier molecular flexibility index (Phi) is 5.75. The van der Waals surface area contributed by atoms with Crippen LogP contribution in [0.3, 0.4) is 0 Å². The van der Waals surface area contributed by atoms with Crippen molar-refractivity contribution in [3.05, 3.63) is 41.4 Å². The largest absolute Gasteiger partial charge is 0.573 e. The molecule has 0 saturated carbocycles. The molecule has 7 nitrogen and oxygen atoms in total. The number of carbonyl (C=O) groups excluding carboxylic acids is 1. The van der Waals surface area contributed by atoms with Crippen molar-refractivity contribution in [2.75, 3.05) is 11.3 Å². The van der Waals surface area contributed by atoms with E-state index in [0.717, 1.165) is 29.8 Å². The van der Waals surface area contributed by atoms with Crippen LogP contribution in [-0.2, 0) is 14.8 Å². The molecule has 0 saturated heterocycles. The van der Waals surface area contributed by atoms with Crippen LogP contribution in [0.1, 0.15) is 12.1 Å². The number of aromatic amines is 1. The first-order chi connectivity index (χ1) is 14.6. The highest BCUT2D eigenvalue weighted by Gasteiger charge is 2.32. The maximum Gasteiger partial charge on any atom is 0.573 e. The molecule has 0 bridgehead atoms. The quantitative estimate of drug-likeness (QED) is 0.480. The van der Waals surface area contributed by atoms with Crippen LogP contribution in [0.2, 0.25) is 0 Å². The highest BCUT2D eigenvalue weighted by molar-refractivity contribution is 8.15. The fourth-order valence-electron chi connectivity index (χ4n) is 3.01. The van der Waals surface area contributed by atoms with Gasteiger partial charge in [0.05, 0.1) is 23.4 Å². The molecule has 1 aliphatic rings. The number of carbonyl (C=O) groups is 1. The number of alkyl halides is 3. The third kappa shape index (κ3) is 4.88. The lowest BCUT2D eigenvalue weighted by molar-refractivity contribution is -0.274. The second-order valence-corrected chi connectivity index (χ2v) is 10.6. The normalized spacial score (nSPS) is 17.0. The summed E-state index contributed by atoms with van der Waals surface area (Å²) in [6.07, 6.45) is -3.81. The lowest BCUT2D eigenvalue weighted by atomic mass is 10.2. The van der Waals surface area contributed by atoms with Crippen LogP contribution in [0.15, 0.2) is 44.9 Å². The summed E-state index contributed by atoms with van der Waals surface area (Å²) in [4.78, 5) is 18.1. The van der Waals surface area contributed by atoms with Gasteiger partial charge in [0.15, 0.2) is 0 Å². The molecule has 13 heteroatoms. The number of halogens is 3. The number of nitrogens with zero attached hydrogens (tertiary/aromatic N) is 1. The van der Waals surface area contributed by atoms with Crippen molar-refractivity contribution in [1.29, 1.82) is 0 Å². The standard InChI is InChI=1S/C18H14F3N3O4S3/c19-18(20,21)28-11-6-10-7-14(17-22-9-12(30-17)3-4-25)23-16(10)13(8-11)24-31(26,27)15-2-1-5-29-15/h1-2,4-8,12,23-24H,3,9H2. The molecule has 1 aliphatic heterocycles. The topological polar surface area (TPSA) is 101 Å². The van der Waals surface area contributed by atoms with Crippen LogP contribution in [0.25, 0.3) is 10.9 Å². The monoisotopic (exact) mass is 489 g/mol. The average Bonchev–Trinajstić information content (AvgIpc) is 3.40. The molecule has 164 valence electrons. The Morgan fingerprint density at radius 1 is 1.32 bits per heavy atom. The molecular weight excluding hydrogens is 475 g/mol. The van der Waals surface area contributed by atoms with E-state index in [-0.39, 0.29) is 20.7 Å². The number of aromatic nitrogens is 1. The average molecular weight is 490 g/mol. The van der Waals surface area contributed by atoms with Gasteiger partial charge < -0.3 is 14.5 Å². The summed E-state index contributed by atoms with van der Waals surface area (Å²) in [6.45, 7) is 0.439. The van der Waals surface area contributed by atoms with Crippen LogP contribution in [0.5, 0.6) is 5.75 Å². The van der Waals surface area contributed by atoms with Gasteiger partial charge in [-0.05, 0) is 23.6 Å². The first-order valence-electron chi connectivity index (χ1n) is 8.78. The number of rotatable bonds is 7. The van der Waals surface area contributed by atoms with Crippen molar-refractivity contribution in [2.45, 2.75) is 22.2 Å². The molecule has 1 unspecified atom stereocenters. The fraction of sp³-hybridized carbons (Fsp3) is 0.222. The van der Waals surface area contributed by atoms with Gasteiger partial charge in [-0.2, -0.15) is 0 Å². The van der Waals surface area contributed by atoms with E-state index in [1.165, 1.54) is 17.8 Å². The summed E-state index contributed by atoms with van der Waals surface area (Å²) in [5.41, 5.74) is 0.699. The third-order valence-corrected chi connectivity index (χ3v) is 8.26. The SMILES string of the molecule is O=CCC1CN=C(c2cc3cc(OC(F)(F)F)cc(NS(=O)(=O)c4cccs4)c3[nH]2)S1. The maximum atomic E-state index is 12.8. The molecule has 2 N–H and O–H groups in total. The van der Waals surface area contributed by atoms with Gasteiger partial charge in [-0.1, -0.05) is 17.8 Å². The van der Waals surface area contributed by atoms with Gasteiger partial charge in [0.1, 0.15) is 21.3 Å². The van der Waals surface area contributed by atoms with Gasteiger partial charge in [0, 0.05) is 23.1 Å². The molecule has 1 atom stereocenters. The molecule has 0 fully saturated rings. The predicted molar refractivity (Wildman–Crippen MR) is 114 cm³/mol. The number of anilines is 1. The van der Waals surface area contributed by atoms with Gasteiger partial charge >= 0.3 is 6.36 Å². The summed E-state index contributed by atoms with van der Waals surface area (Å²) < 4.78 is 70.0. The number of hydrogen-bond donors (Lipinski definition) is 2. The number of H-pyrrole nitrogens is 1. The van der Waals surface area contributed by atoms with Crippen LogP contribution in [0, 0.1) is 0 Å². The zero-order chi connectivity index (χ0) is 22.2. The van der Waals surface area contributed by atoms with E-state index in [0.29, 0.717) is 29.1 Å². The van der Waals surface area contributed by atoms with Gasteiger partial charge in [0.2, 0.25) is 0 Å². The Morgan fingerprint density at radius 3 is 2.81 bits per heavy atom. The number of thioether (sulfide) groups is 1. The lowest BCUT2D eigenvalue weighted by Crippen LogP contribution is -2.17. The van der Waals surface area contributed by atoms with E-state index in [9.17, 15) is 26.4 Å². The van der Waals surface area contributed by atoms with Gasteiger partial charge in [0.25, 0.3) is 10.0 Å². The first kappa shape index (κ1) is 21.7. The van der Waals surface area contributed by atoms with Crippen molar-refractivity contribution in [3.8, 4) is 5.75 Å². The lowest BCUT2D eigenvalue weighted by Gasteiger charge is -2.12. The molecule has 3 heterocycles. The van der Waals surface area contributed by atoms with Crippen LogP contribution < -0.4 is 9.46 Å². The van der Waals surface area contributed by atoms with Gasteiger partial charge in [-0.15, -0.1) is 24.5 Å². The molecule has 1 aromatic carbocycles. The van der Waals surface area contributed by atoms with E-state index in [4.69, 9.17) is 0 Å². The summed E-state index contributed by atoms with van der Waals surface area (Å²) in [5.74, 6) is -0.561. The molecule has 0 radical (unpaired) electrons. The van der Waals surface area contributed by atoms with Crippen molar-refractivity contribution in [2.24, 2.45) is 4.99 Å². The van der Waals surface area contributed by atoms with E-state index in [2.05, 4.69) is 19.4 Å².